The normalized spacial score (nSPS) is 10.9. The summed E-state index contributed by atoms with van der Waals surface area (Å²) < 4.78 is 1.53. The third-order valence-corrected chi connectivity index (χ3v) is 2.57. The second kappa shape index (κ2) is 3.55. The monoisotopic (exact) mass is 226 g/mol. The Labute approximate surface area is 96.7 Å². The van der Waals surface area contributed by atoms with E-state index in [-0.39, 0.29) is 5.56 Å². The molecule has 0 aliphatic heterocycles. The Morgan fingerprint density at radius 1 is 1.35 bits per heavy atom. The zero-order valence-corrected chi connectivity index (χ0v) is 9.21. The summed E-state index contributed by atoms with van der Waals surface area (Å²) >= 11 is 0. The number of benzene rings is 1. The first kappa shape index (κ1) is 9.77. The highest BCUT2D eigenvalue weighted by Crippen LogP contribution is 2.10. The van der Waals surface area contributed by atoms with Gasteiger partial charge in [-0.2, -0.15) is 5.10 Å². The number of aryl methyl sites for hydroxylation is 1. The predicted octanol–water partition coefficient (Wildman–Crippen LogP) is 1.42. The van der Waals surface area contributed by atoms with Gasteiger partial charge in [-0.05, 0) is 25.1 Å². The van der Waals surface area contributed by atoms with Gasteiger partial charge in [0.15, 0.2) is 0 Å². The third kappa shape index (κ3) is 1.61. The van der Waals surface area contributed by atoms with Crippen molar-refractivity contribution in [3.63, 3.8) is 0 Å². The summed E-state index contributed by atoms with van der Waals surface area (Å²) in [5, 5.41) is 4.63. The number of hydrogen-bond acceptors (Lipinski definition) is 3. The van der Waals surface area contributed by atoms with Crippen molar-refractivity contribution < 1.29 is 0 Å². The molecule has 1 N–H and O–H groups in total. The van der Waals surface area contributed by atoms with Crippen LogP contribution in [0.5, 0.6) is 0 Å². The minimum absolute atomic E-state index is 0.149. The van der Waals surface area contributed by atoms with Gasteiger partial charge in [-0.15, -0.1) is 0 Å². The second-order valence-electron chi connectivity index (χ2n) is 3.86. The molecule has 5 nitrogen and oxygen atoms in total. The lowest BCUT2D eigenvalue weighted by Crippen LogP contribution is -2.13. The van der Waals surface area contributed by atoms with E-state index in [1.807, 2.05) is 25.1 Å². The highest BCUT2D eigenvalue weighted by atomic mass is 16.1. The summed E-state index contributed by atoms with van der Waals surface area (Å²) in [7, 11) is 0. The molecule has 3 aromatic rings. The molecule has 0 amide bonds. The van der Waals surface area contributed by atoms with Gasteiger partial charge < -0.3 is 0 Å². The summed E-state index contributed by atoms with van der Waals surface area (Å²) in [5.74, 6) is 0.427. The standard InChI is InChI=1S/C12H10N4O/c1-8-3-4-10-9(7-8)11(17)15-12(14-10)16-6-2-5-13-16/h2-7H,1H3,(H,14,15,17). The van der Waals surface area contributed by atoms with Crippen LogP contribution in [0.25, 0.3) is 16.9 Å². The lowest BCUT2D eigenvalue weighted by atomic mass is 10.2. The number of H-pyrrole nitrogens is 1. The highest BCUT2D eigenvalue weighted by molar-refractivity contribution is 5.78. The van der Waals surface area contributed by atoms with Crippen molar-refractivity contribution in [1.82, 2.24) is 19.7 Å². The van der Waals surface area contributed by atoms with Crippen molar-refractivity contribution in [3.8, 4) is 5.95 Å². The maximum Gasteiger partial charge on any atom is 0.260 e. The van der Waals surface area contributed by atoms with E-state index in [2.05, 4.69) is 15.1 Å². The fraction of sp³-hybridized carbons (Fsp3) is 0.0833. The summed E-state index contributed by atoms with van der Waals surface area (Å²) in [4.78, 5) is 19.0. The van der Waals surface area contributed by atoms with E-state index >= 15 is 0 Å². The summed E-state index contributed by atoms with van der Waals surface area (Å²) in [5.41, 5.74) is 1.56. The van der Waals surface area contributed by atoms with Gasteiger partial charge in [0.05, 0.1) is 10.9 Å². The average molecular weight is 226 g/mol. The first-order valence-electron chi connectivity index (χ1n) is 5.25. The zero-order valence-electron chi connectivity index (χ0n) is 9.21. The van der Waals surface area contributed by atoms with Crippen molar-refractivity contribution in [2.45, 2.75) is 6.92 Å². The number of nitrogens with zero attached hydrogens (tertiary/aromatic N) is 3. The van der Waals surface area contributed by atoms with E-state index in [0.717, 1.165) is 5.56 Å². The summed E-state index contributed by atoms with van der Waals surface area (Å²) in [6.45, 7) is 1.94. The molecule has 17 heavy (non-hydrogen) atoms. The van der Waals surface area contributed by atoms with Gasteiger partial charge in [0.2, 0.25) is 5.95 Å². The van der Waals surface area contributed by atoms with Crippen molar-refractivity contribution in [1.29, 1.82) is 0 Å². The Balaban J connectivity index is 2.32. The SMILES string of the molecule is Cc1ccc2nc(-n3cccn3)[nH]c(=O)c2c1. The molecule has 1 aromatic carbocycles. The van der Waals surface area contributed by atoms with Crippen LogP contribution in [0.1, 0.15) is 5.56 Å². The summed E-state index contributed by atoms with van der Waals surface area (Å²) in [6.07, 6.45) is 3.37. The number of hydrogen-bond donors (Lipinski definition) is 1. The fourth-order valence-corrected chi connectivity index (χ4v) is 1.74. The topological polar surface area (TPSA) is 63.6 Å². The van der Waals surface area contributed by atoms with Crippen LogP contribution in [0.4, 0.5) is 0 Å². The number of aromatic nitrogens is 4. The highest BCUT2D eigenvalue weighted by Gasteiger charge is 2.05. The van der Waals surface area contributed by atoms with Crippen LogP contribution in [0.15, 0.2) is 41.5 Å². The number of rotatable bonds is 1. The van der Waals surface area contributed by atoms with E-state index in [1.54, 1.807) is 18.5 Å². The van der Waals surface area contributed by atoms with Gasteiger partial charge in [-0.1, -0.05) is 11.6 Å². The molecule has 84 valence electrons. The molecule has 0 aliphatic rings. The molecular formula is C12H10N4O. The molecule has 0 bridgehead atoms. The van der Waals surface area contributed by atoms with Gasteiger partial charge in [-0.25, -0.2) is 9.67 Å². The van der Waals surface area contributed by atoms with Gasteiger partial charge in [0, 0.05) is 12.4 Å². The van der Waals surface area contributed by atoms with E-state index in [0.29, 0.717) is 16.9 Å². The van der Waals surface area contributed by atoms with Crippen LogP contribution in [0.2, 0.25) is 0 Å². The van der Waals surface area contributed by atoms with Gasteiger partial charge in [-0.3, -0.25) is 9.78 Å². The molecule has 0 unspecified atom stereocenters. The molecule has 5 heteroatoms. The predicted molar refractivity (Wildman–Crippen MR) is 64.2 cm³/mol. The Morgan fingerprint density at radius 3 is 3.00 bits per heavy atom. The molecule has 2 heterocycles. The number of nitrogens with one attached hydrogen (secondary N) is 1. The van der Waals surface area contributed by atoms with E-state index in [9.17, 15) is 4.79 Å². The van der Waals surface area contributed by atoms with Crippen molar-refractivity contribution in [2.24, 2.45) is 0 Å². The van der Waals surface area contributed by atoms with E-state index in [4.69, 9.17) is 0 Å². The van der Waals surface area contributed by atoms with Crippen LogP contribution in [-0.4, -0.2) is 19.7 Å². The maximum atomic E-state index is 11.9. The smallest absolute Gasteiger partial charge is 0.260 e. The van der Waals surface area contributed by atoms with Crippen LogP contribution < -0.4 is 5.56 Å². The quantitative estimate of drug-likeness (QED) is 0.682. The second-order valence-corrected chi connectivity index (χ2v) is 3.86. The number of fused-ring (bicyclic) bond motifs is 1. The molecular weight excluding hydrogens is 216 g/mol. The van der Waals surface area contributed by atoms with Crippen molar-refractivity contribution >= 4 is 10.9 Å². The molecule has 0 saturated carbocycles. The van der Waals surface area contributed by atoms with Crippen molar-refractivity contribution in [2.75, 3.05) is 0 Å². The molecule has 0 fully saturated rings. The average Bonchev–Trinajstić information content (AvgIpc) is 2.83. The van der Waals surface area contributed by atoms with E-state index in [1.165, 1.54) is 4.68 Å². The maximum absolute atomic E-state index is 11.9. The first-order chi connectivity index (χ1) is 8.24. The molecule has 3 rings (SSSR count). The Morgan fingerprint density at radius 2 is 2.24 bits per heavy atom. The first-order valence-corrected chi connectivity index (χ1v) is 5.25. The van der Waals surface area contributed by atoms with Crippen LogP contribution in [-0.2, 0) is 0 Å². The van der Waals surface area contributed by atoms with Crippen LogP contribution in [0, 0.1) is 6.92 Å². The van der Waals surface area contributed by atoms with E-state index < -0.39 is 0 Å². The van der Waals surface area contributed by atoms with Crippen LogP contribution >= 0.6 is 0 Å². The fourth-order valence-electron chi connectivity index (χ4n) is 1.74. The van der Waals surface area contributed by atoms with Gasteiger partial charge >= 0.3 is 0 Å². The Hall–Kier alpha value is -2.43. The zero-order chi connectivity index (χ0) is 11.8. The molecule has 0 atom stereocenters. The Kier molecular flexibility index (Phi) is 2.04. The largest absolute Gasteiger partial charge is 0.290 e. The number of aromatic amines is 1. The van der Waals surface area contributed by atoms with Gasteiger partial charge in [0.25, 0.3) is 5.56 Å². The third-order valence-electron chi connectivity index (χ3n) is 2.57. The molecule has 0 radical (unpaired) electrons. The minimum atomic E-state index is -0.149. The van der Waals surface area contributed by atoms with Crippen molar-refractivity contribution in [3.05, 3.63) is 52.6 Å². The molecule has 2 aromatic heterocycles. The molecule has 0 saturated heterocycles. The van der Waals surface area contributed by atoms with Crippen LogP contribution in [0.3, 0.4) is 0 Å². The summed E-state index contributed by atoms with van der Waals surface area (Å²) in [6, 6.07) is 7.38. The molecule has 0 aliphatic carbocycles. The Bertz CT molecular complexity index is 728. The minimum Gasteiger partial charge on any atom is -0.290 e. The lowest BCUT2D eigenvalue weighted by Gasteiger charge is -2.02. The lowest BCUT2D eigenvalue weighted by molar-refractivity contribution is 0.810. The molecule has 0 spiro atoms. The van der Waals surface area contributed by atoms with Gasteiger partial charge in [0.1, 0.15) is 0 Å².